The van der Waals surface area contributed by atoms with E-state index in [1.54, 1.807) is 31.3 Å². The van der Waals surface area contributed by atoms with Crippen LogP contribution in [0.4, 0.5) is 0 Å². The molecule has 0 heterocycles. The number of aryl methyl sites for hydroxylation is 1. The average Bonchev–Trinajstić information content (AvgIpc) is 2.75. The molecule has 6 nitrogen and oxygen atoms in total. The quantitative estimate of drug-likeness (QED) is 0.247. The molecule has 0 aliphatic heterocycles. The van der Waals surface area contributed by atoms with E-state index >= 15 is 0 Å². The maximum atomic E-state index is 11.6. The molecule has 0 aromatic heterocycles. The minimum Gasteiger partial charge on any atom is -0.457 e. The lowest BCUT2D eigenvalue weighted by Gasteiger charge is -2.15. The lowest BCUT2D eigenvalue weighted by molar-refractivity contribution is 0.474. The Labute approximate surface area is 207 Å². The van der Waals surface area contributed by atoms with Crippen LogP contribution in [0.1, 0.15) is 16.7 Å². The molecular weight excluding hydrogens is 537 g/mol. The summed E-state index contributed by atoms with van der Waals surface area (Å²) in [5, 5.41) is 6.54. The van der Waals surface area contributed by atoms with Crippen molar-refractivity contribution in [2.24, 2.45) is 4.99 Å². The summed E-state index contributed by atoms with van der Waals surface area (Å²) in [5.74, 6) is 2.22. The molecule has 0 amide bonds. The number of benzene rings is 3. The molecule has 0 aliphatic rings. The van der Waals surface area contributed by atoms with Gasteiger partial charge < -0.3 is 15.4 Å². The molecule has 0 aliphatic carbocycles. The number of ether oxygens (including phenoxy) is 1. The number of sulfone groups is 1. The zero-order valence-corrected chi connectivity index (χ0v) is 21.5. The van der Waals surface area contributed by atoms with Crippen molar-refractivity contribution in [1.29, 1.82) is 0 Å². The molecule has 0 saturated heterocycles. The number of nitrogens with zero attached hydrogens (tertiary/aromatic N) is 1. The van der Waals surface area contributed by atoms with Gasteiger partial charge in [-0.25, -0.2) is 8.42 Å². The minimum absolute atomic E-state index is 0. The summed E-state index contributed by atoms with van der Waals surface area (Å²) < 4.78 is 29.2. The largest absolute Gasteiger partial charge is 0.457 e. The first-order chi connectivity index (χ1) is 14.8. The number of guanidine groups is 1. The molecule has 0 saturated carbocycles. The van der Waals surface area contributed by atoms with Gasteiger partial charge in [-0.3, -0.25) is 4.99 Å². The topological polar surface area (TPSA) is 79.8 Å². The summed E-state index contributed by atoms with van der Waals surface area (Å²) in [6, 6.07) is 22.6. The van der Waals surface area contributed by atoms with Gasteiger partial charge >= 0.3 is 0 Å². The summed E-state index contributed by atoms with van der Waals surface area (Å²) >= 11 is 0. The fourth-order valence-corrected chi connectivity index (χ4v) is 3.59. The highest BCUT2D eigenvalue weighted by Crippen LogP contribution is 2.26. The Morgan fingerprint density at radius 1 is 0.938 bits per heavy atom. The zero-order chi connectivity index (χ0) is 22.3. The summed E-state index contributed by atoms with van der Waals surface area (Å²) in [4.78, 5) is 4.57. The number of aliphatic imine (C=N–C) groups is 1. The first kappa shape index (κ1) is 25.7. The third-order valence-electron chi connectivity index (χ3n) is 4.68. The van der Waals surface area contributed by atoms with Crippen LogP contribution in [0, 0.1) is 6.92 Å². The van der Waals surface area contributed by atoms with E-state index in [2.05, 4.69) is 15.6 Å². The third-order valence-corrected chi connectivity index (χ3v) is 5.80. The highest BCUT2D eigenvalue weighted by molar-refractivity contribution is 14.0. The van der Waals surface area contributed by atoms with Crippen molar-refractivity contribution in [2.75, 3.05) is 13.3 Å². The first-order valence-electron chi connectivity index (χ1n) is 9.91. The smallest absolute Gasteiger partial charge is 0.191 e. The molecule has 170 valence electrons. The van der Waals surface area contributed by atoms with Crippen molar-refractivity contribution in [1.82, 2.24) is 10.6 Å². The van der Waals surface area contributed by atoms with Gasteiger partial charge in [-0.05, 0) is 48.4 Å². The minimum atomic E-state index is -3.19. The fourth-order valence-electron chi connectivity index (χ4n) is 2.96. The van der Waals surface area contributed by atoms with E-state index in [1.165, 1.54) is 6.26 Å². The van der Waals surface area contributed by atoms with Gasteiger partial charge in [0.15, 0.2) is 15.8 Å². The first-order valence-corrected chi connectivity index (χ1v) is 11.8. The second kappa shape index (κ2) is 11.9. The van der Waals surface area contributed by atoms with Crippen molar-refractivity contribution >= 4 is 39.8 Å². The number of hydrogen-bond donors (Lipinski definition) is 2. The number of nitrogens with one attached hydrogen (secondary N) is 2. The summed E-state index contributed by atoms with van der Waals surface area (Å²) in [6.07, 6.45) is 1.20. The SMILES string of the molecule is CN=C(NCc1ccc(S(C)(=O)=O)cc1)NCc1ccc(C)cc1Oc1ccccc1.I. The van der Waals surface area contributed by atoms with E-state index in [0.29, 0.717) is 23.9 Å². The van der Waals surface area contributed by atoms with E-state index < -0.39 is 9.84 Å². The molecule has 0 fully saturated rings. The van der Waals surface area contributed by atoms with Gasteiger partial charge in [0.1, 0.15) is 11.5 Å². The molecule has 8 heteroatoms. The standard InChI is InChI=1S/C24H27N3O3S.HI/c1-18-9-12-20(23(15-18)30-21-7-5-4-6-8-21)17-27-24(25-2)26-16-19-10-13-22(14-11-19)31(3,28)29;/h4-15H,16-17H2,1-3H3,(H2,25,26,27);1H. The number of hydrogen-bond acceptors (Lipinski definition) is 4. The van der Waals surface area contributed by atoms with Gasteiger partial charge in [0.05, 0.1) is 4.90 Å². The van der Waals surface area contributed by atoms with Gasteiger partial charge in [-0.2, -0.15) is 0 Å². The van der Waals surface area contributed by atoms with E-state index in [9.17, 15) is 8.42 Å². The van der Waals surface area contributed by atoms with E-state index in [0.717, 1.165) is 28.2 Å². The van der Waals surface area contributed by atoms with Crippen LogP contribution < -0.4 is 15.4 Å². The van der Waals surface area contributed by atoms with Crippen LogP contribution in [0.5, 0.6) is 11.5 Å². The average molecular weight is 565 g/mol. The molecular formula is C24H28IN3O3S. The molecule has 3 aromatic carbocycles. The number of halogens is 1. The maximum absolute atomic E-state index is 11.6. The van der Waals surface area contributed by atoms with Crippen LogP contribution in [-0.2, 0) is 22.9 Å². The lowest BCUT2D eigenvalue weighted by Crippen LogP contribution is -2.36. The predicted octanol–water partition coefficient (Wildman–Crippen LogP) is 4.67. The normalized spacial score (nSPS) is 11.4. The number of para-hydroxylation sites is 1. The van der Waals surface area contributed by atoms with Gasteiger partial charge in [0.2, 0.25) is 0 Å². The van der Waals surface area contributed by atoms with Crippen molar-refractivity contribution in [3.63, 3.8) is 0 Å². The Morgan fingerprint density at radius 3 is 2.22 bits per heavy atom. The van der Waals surface area contributed by atoms with Crippen LogP contribution >= 0.6 is 24.0 Å². The summed E-state index contributed by atoms with van der Waals surface area (Å²) in [7, 11) is -1.49. The number of rotatable bonds is 7. The van der Waals surface area contributed by atoms with Crippen molar-refractivity contribution in [3.05, 3.63) is 89.5 Å². The van der Waals surface area contributed by atoms with E-state index in [4.69, 9.17) is 4.74 Å². The highest BCUT2D eigenvalue weighted by atomic mass is 127. The van der Waals surface area contributed by atoms with Crippen molar-refractivity contribution in [3.8, 4) is 11.5 Å². The zero-order valence-electron chi connectivity index (χ0n) is 18.3. The maximum Gasteiger partial charge on any atom is 0.191 e. The molecule has 3 rings (SSSR count). The van der Waals surface area contributed by atoms with Crippen molar-refractivity contribution < 1.29 is 13.2 Å². The van der Waals surface area contributed by atoms with Gasteiger partial charge in [-0.15, -0.1) is 24.0 Å². The molecule has 0 bridgehead atoms. The lowest BCUT2D eigenvalue weighted by atomic mass is 10.1. The third kappa shape index (κ3) is 7.52. The fraction of sp³-hybridized carbons (Fsp3) is 0.208. The molecule has 0 spiro atoms. The second-order valence-electron chi connectivity index (χ2n) is 7.22. The summed E-state index contributed by atoms with van der Waals surface area (Å²) in [6.45, 7) is 3.09. The van der Waals surface area contributed by atoms with Crippen LogP contribution in [0.2, 0.25) is 0 Å². The Balaban J connectivity index is 0.00000363. The second-order valence-corrected chi connectivity index (χ2v) is 9.24. The van der Waals surface area contributed by atoms with Gasteiger partial charge in [-0.1, -0.05) is 42.5 Å². The Kier molecular flexibility index (Phi) is 9.52. The molecule has 32 heavy (non-hydrogen) atoms. The van der Waals surface area contributed by atoms with Gasteiger partial charge in [0, 0.05) is 32.0 Å². The highest BCUT2D eigenvalue weighted by Gasteiger charge is 2.08. The van der Waals surface area contributed by atoms with E-state index in [-0.39, 0.29) is 24.0 Å². The molecule has 0 radical (unpaired) electrons. The van der Waals surface area contributed by atoms with Crippen LogP contribution in [0.15, 0.2) is 82.7 Å². The Morgan fingerprint density at radius 2 is 1.59 bits per heavy atom. The molecule has 2 N–H and O–H groups in total. The monoisotopic (exact) mass is 565 g/mol. The Bertz CT molecular complexity index is 1150. The van der Waals surface area contributed by atoms with E-state index in [1.807, 2.05) is 55.5 Å². The van der Waals surface area contributed by atoms with Crippen molar-refractivity contribution in [2.45, 2.75) is 24.9 Å². The predicted molar refractivity (Wildman–Crippen MR) is 140 cm³/mol. The van der Waals surface area contributed by atoms with Crippen LogP contribution in [0.25, 0.3) is 0 Å². The van der Waals surface area contributed by atoms with Gasteiger partial charge in [0.25, 0.3) is 0 Å². The molecule has 0 atom stereocenters. The van der Waals surface area contributed by atoms with Crippen LogP contribution in [0.3, 0.4) is 0 Å². The molecule has 3 aromatic rings. The Hall–Kier alpha value is -2.59. The van der Waals surface area contributed by atoms with Crippen LogP contribution in [-0.4, -0.2) is 27.7 Å². The summed E-state index contributed by atoms with van der Waals surface area (Å²) in [5.41, 5.74) is 3.09. The molecule has 0 unspecified atom stereocenters.